The lowest BCUT2D eigenvalue weighted by molar-refractivity contribution is -0.132. The maximum absolute atomic E-state index is 13.2. The minimum absolute atomic E-state index is 0.103. The van der Waals surface area contributed by atoms with E-state index in [2.05, 4.69) is 29.6 Å². The molecular formula is C25H27ClN2O3. The van der Waals surface area contributed by atoms with Crippen molar-refractivity contribution in [3.63, 3.8) is 0 Å². The maximum Gasteiger partial charge on any atom is 0.408 e. The molecule has 2 aliphatic rings. The van der Waals surface area contributed by atoms with E-state index in [0.717, 1.165) is 18.4 Å². The smallest absolute Gasteiger partial charge is 0.408 e. The number of nitrogens with one attached hydrogen (secondary N) is 1. The zero-order valence-corrected chi connectivity index (χ0v) is 18.8. The Morgan fingerprint density at radius 3 is 2.55 bits per heavy atom. The predicted molar refractivity (Wildman–Crippen MR) is 122 cm³/mol. The van der Waals surface area contributed by atoms with E-state index in [9.17, 15) is 9.59 Å². The molecule has 2 aromatic rings. The van der Waals surface area contributed by atoms with Crippen molar-refractivity contribution < 1.29 is 14.3 Å². The molecule has 1 heterocycles. The minimum Gasteiger partial charge on any atom is -0.444 e. The highest BCUT2D eigenvalue weighted by Crippen LogP contribution is 2.46. The first-order valence-electron chi connectivity index (χ1n) is 10.5. The van der Waals surface area contributed by atoms with E-state index in [0.29, 0.717) is 11.6 Å². The minimum atomic E-state index is -0.612. The van der Waals surface area contributed by atoms with Gasteiger partial charge in [0.15, 0.2) is 0 Å². The van der Waals surface area contributed by atoms with E-state index in [-0.39, 0.29) is 18.5 Å². The number of alkyl carbamates (subject to hydrolysis) is 1. The highest BCUT2D eigenvalue weighted by Gasteiger charge is 2.37. The van der Waals surface area contributed by atoms with E-state index in [1.807, 2.05) is 29.2 Å². The Kier molecular flexibility index (Phi) is 5.80. The summed E-state index contributed by atoms with van der Waals surface area (Å²) in [6, 6.07) is 15.9. The summed E-state index contributed by atoms with van der Waals surface area (Å²) in [5.74, 6) is -0.131. The maximum atomic E-state index is 13.2. The van der Waals surface area contributed by atoms with Gasteiger partial charge in [-0.05, 0) is 73.6 Å². The van der Waals surface area contributed by atoms with Crippen molar-refractivity contribution in [2.45, 2.75) is 45.3 Å². The molecule has 1 aliphatic heterocycles. The second kappa shape index (κ2) is 8.39. The molecule has 1 unspecified atom stereocenters. The van der Waals surface area contributed by atoms with Gasteiger partial charge in [-0.2, -0.15) is 0 Å². The Morgan fingerprint density at radius 2 is 1.84 bits per heavy atom. The van der Waals surface area contributed by atoms with Gasteiger partial charge in [-0.1, -0.05) is 48.0 Å². The average Bonchev–Trinajstić information content (AvgIpc) is 3.09. The number of rotatable bonds is 3. The van der Waals surface area contributed by atoms with Gasteiger partial charge in [0, 0.05) is 11.6 Å². The number of carbonyl (C=O) groups is 2. The zero-order chi connectivity index (χ0) is 22.2. The molecule has 2 aromatic carbocycles. The summed E-state index contributed by atoms with van der Waals surface area (Å²) >= 11 is 6.12. The second-order valence-electron chi connectivity index (χ2n) is 8.98. The van der Waals surface area contributed by atoms with Crippen LogP contribution >= 0.6 is 11.6 Å². The summed E-state index contributed by atoms with van der Waals surface area (Å²) in [4.78, 5) is 27.1. The quantitative estimate of drug-likeness (QED) is 0.721. The van der Waals surface area contributed by atoms with Crippen LogP contribution in [0.25, 0.3) is 5.57 Å². The van der Waals surface area contributed by atoms with Crippen LogP contribution in [0.2, 0.25) is 5.02 Å². The fourth-order valence-electron chi connectivity index (χ4n) is 4.42. The third-order valence-electron chi connectivity index (χ3n) is 5.64. The van der Waals surface area contributed by atoms with Crippen LogP contribution in [0.1, 0.15) is 49.9 Å². The molecule has 0 saturated carbocycles. The molecule has 1 aliphatic carbocycles. The van der Waals surface area contributed by atoms with E-state index >= 15 is 0 Å². The van der Waals surface area contributed by atoms with Gasteiger partial charge in [0.25, 0.3) is 0 Å². The molecule has 5 nitrogen and oxygen atoms in total. The van der Waals surface area contributed by atoms with Crippen LogP contribution in [0.5, 0.6) is 0 Å². The van der Waals surface area contributed by atoms with Crippen molar-refractivity contribution in [3.8, 4) is 0 Å². The summed E-state index contributed by atoms with van der Waals surface area (Å²) in [5.41, 5.74) is 5.58. The second-order valence-corrected chi connectivity index (χ2v) is 9.42. The van der Waals surface area contributed by atoms with Crippen molar-refractivity contribution in [2.75, 3.05) is 13.1 Å². The standard InChI is InChI=1S/C25H27ClN2O3/c1-25(2,3)31-24(30)27-15-22(29)28-13-12-20-19-7-5-4-6-17(19)14-21(20)23(28)16-8-10-18(26)11-9-16/h4-11,23H,12-15H2,1-3H3,(H,27,30). The molecule has 4 rings (SSSR count). The molecular weight excluding hydrogens is 412 g/mol. The van der Waals surface area contributed by atoms with Crippen LogP contribution in [-0.4, -0.2) is 35.6 Å². The summed E-state index contributed by atoms with van der Waals surface area (Å²) < 4.78 is 5.27. The van der Waals surface area contributed by atoms with Crippen molar-refractivity contribution in [1.29, 1.82) is 0 Å². The number of ether oxygens (including phenoxy) is 1. The highest BCUT2D eigenvalue weighted by molar-refractivity contribution is 6.30. The normalized spacial score (nSPS) is 17.8. The molecule has 1 N–H and O–H groups in total. The van der Waals surface area contributed by atoms with Crippen LogP contribution in [0.15, 0.2) is 54.1 Å². The third-order valence-corrected chi connectivity index (χ3v) is 5.90. The molecule has 2 amide bonds. The molecule has 0 fully saturated rings. The van der Waals surface area contributed by atoms with Crippen molar-refractivity contribution >= 4 is 29.2 Å². The highest BCUT2D eigenvalue weighted by atomic mass is 35.5. The summed E-state index contributed by atoms with van der Waals surface area (Å²) in [7, 11) is 0. The van der Waals surface area contributed by atoms with Crippen LogP contribution in [-0.2, 0) is 16.0 Å². The largest absolute Gasteiger partial charge is 0.444 e. The number of fused-ring (bicyclic) bond motifs is 2. The number of hydrogen-bond acceptors (Lipinski definition) is 3. The Hall–Kier alpha value is -2.79. The Bertz CT molecular complexity index is 1040. The van der Waals surface area contributed by atoms with Gasteiger partial charge < -0.3 is 15.0 Å². The number of amides is 2. The van der Waals surface area contributed by atoms with Crippen LogP contribution < -0.4 is 5.32 Å². The van der Waals surface area contributed by atoms with Crippen LogP contribution in [0.3, 0.4) is 0 Å². The molecule has 0 bridgehead atoms. The summed E-state index contributed by atoms with van der Waals surface area (Å²) in [6.45, 7) is 5.87. The van der Waals surface area contributed by atoms with Gasteiger partial charge >= 0.3 is 6.09 Å². The number of benzene rings is 2. The Balaban J connectivity index is 1.60. The van der Waals surface area contributed by atoms with Gasteiger partial charge in [-0.25, -0.2) is 4.79 Å². The SMILES string of the molecule is CC(C)(C)OC(=O)NCC(=O)N1CCC2=C(Cc3ccccc32)C1c1ccc(Cl)cc1. The van der Waals surface area contributed by atoms with Gasteiger partial charge in [0.2, 0.25) is 5.91 Å². The van der Waals surface area contributed by atoms with Crippen molar-refractivity contribution in [2.24, 2.45) is 0 Å². The first-order chi connectivity index (χ1) is 14.7. The number of halogens is 1. The van der Waals surface area contributed by atoms with Gasteiger partial charge in [0.1, 0.15) is 12.1 Å². The summed E-state index contributed by atoms with van der Waals surface area (Å²) in [6.07, 6.45) is 1.03. The fraction of sp³-hybridized carbons (Fsp3) is 0.360. The van der Waals surface area contributed by atoms with E-state index in [1.54, 1.807) is 20.8 Å². The number of carbonyl (C=O) groups excluding carboxylic acids is 2. The van der Waals surface area contributed by atoms with Crippen LogP contribution in [0, 0.1) is 0 Å². The molecule has 0 spiro atoms. The lowest BCUT2D eigenvalue weighted by Gasteiger charge is -2.38. The first-order valence-corrected chi connectivity index (χ1v) is 10.9. The van der Waals surface area contributed by atoms with Crippen molar-refractivity contribution in [1.82, 2.24) is 10.2 Å². The molecule has 0 aromatic heterocycles. The van der Waals surface area contributed by atoms with E-state index in [4.69, 9.17) is 16.3 Å². The Labute approximate surface area is 188 Å². The van der Waals surface area contributed by atoms with Gasteiger partial charge in [-0.15, -0.1) is 0 Å². The molecule has 1 atom stereocenters. The van der Waals surface area contributed by atoms with Crippen molar-refractivity contribution in [3.05, 3.63) is 75.8 Å². The fourth-order valence-corrected chi connectivity index (χ4v) is 4.54. The number of hydrogen-bond donors (Lipinski definition) is 1. The summed E-state index contributed by atoms with van der Waals surface area (Å²) in [5, 5.41) is 3.26. The monoisotopic (exact) mass is 438 g/mol. The molecule has 31 heavy (non-hydrogen) atoms. The molecule has 0 radical (unpaired) electrons. The van der Waals surface area contributed by atoms with Gasteiger partial charge in [-0.3, -0.25) is 4.79 Å². The third kappa shape index (κ3) is 4.62. The lowest BCUT2D eigenvalue weighted by atomic mass is 9.88. The predicted octanol–water partition coefficient (Wildman–Crippen LogP) is 5.15. The zero-order valence-electron chi connectivity index (χ0n) is 18.1. The topological polar surface area (TPSA) is 58.6 Å². The van der Waals surface area contributed by atoms with Crippen LogP contribution in [0.4, 0.5) is 4.79 Å². The molecule has 162 valence electrons. The number of nitrogens with zero attached hydrogens (tertiary/aromatic N) is 1. The van der Waals surface area contributed by atoms with Gasteiger partial charge in [0.05, 0.1) is 6.04 Å². The van der Waals surface area contributed by atoms with E-state index < -0.39 is 11.7 Å². The Morgan fingerprint density at radius 1 is 1.13 bits per heavy atom. The van der Waals surface area contributed by atoms with E-state index in [1.165, 1.54) is 22.3 Å². The lowest BCUT2D eigenvalue weighted by Crippen LogP contribution is -2.45. The molecule has 6 heteroatoms. The first kappa shape index (κ1) is 21.4. The average molecular weight is 439 g/mol. The molecule has 0 saturated heterocycles.